The highest BCUT2D eigenvalue weighted by atomic mass is 16.4. The molecule has 0 fully saturated rings. The topological polar surface area (TPSA) is 72.9 Å². The van der Waals surface area contributed by atoms with Gasteiger partial charge in [-0.25, -0.2) is 9.59 Å². The monoisotopic (exact) mass is 293 g/mol. The number of urea groups is 1. The van der Waals surface area contributed by atoms with Gasteiger partial charge in [0.1, 0.15) is 6.04 Å². The fraction of sp³-hybridized carbons (Fsp3) is 0.467. The van der Waals surface area contributed by atoms with E-state index in [1.54, 1.807) is 0 Å². The number of amides is 2. The molecule has 2 N–H and O–H groups in total. The van der Waals surface area contributed by atoms with Crippen LogP contribution in [0.4, 0.5) is 16.2 Å². The number of benzene rings is 1. The molecular weight excluding hydrogens is 270 g/mol. The van der Waals surface area contributed by atoms with Crippen LogP contribution in [-0.2, 0) is 4.79 Å². The summed E-state index contributed by atoms with van der Waals surface area (Å²) in [5, 5.41) is 11.6. The Kier molecular flexibility index (Phi) is 6.02. The van der Waals surface area contributed by atoms with Crippen molar-refractivity contribution in [3.05, 3.63) is 24.3 Å². The highest BCUT2D eigenvalue weighted by Gasteiger charge is 2.21. The van der Waals surface area contributed by atoms with E-state index in [1.165, 1.54) is 14.0 Å². The van der Waals surface area contributed by atoms with Gasteiger partial charge >= 0.3 is 12.0 Å². The molecule has 0 aliphatic heterocycles. The van der Waals surface area contributed by atoms with Crippen LogP contribution in [0.15, 0.2) is 24.3 Å². The number of rotatable bonds is 6. The first-order valence-electron chi connectivity index (χ1n) is 7.02. The third-order valence-corrected chi connectivity index (χ3v) is 3.51. The van der Waals surface area contributed by atoms with Crippen LogP contribution in [0.25, 0.3) is 0 Å². The van der Waals surface area contributed by atoms with Gasteiger partial charge in [0.25, 0.3) is 0 Å². The van der Waals surface area contributed by atoms with Gasteiger partial charge in [0.2, 0.25) is 0 Å². The largest absolute Gasteiger partial charge is 0.480 e. The first-order valence-corrected chi connectivity index (χ1v) is 7.02. The van der Waals surface area contributed by atoms with Crippen molar-refractivity contribution in [2.24, 2.45) is 0 Å². The summed E-state index contributed by atoms with van der Waals surface area (Å²) in [5.74, 6) is -1.04. The number of hydrogen-bond donors (Lipinski definition) is 2. The Hall–Kier alpha value is -2.24. The van der Waals surface area contributed by atoms with Gasteiger partial charge in [-0.15, -0.1) is 0 Å². The van der Waals surface area contributed by atoms with Crippen molar-refractivity contribution < 1.29 is 14.7 Å². The summed E-state index contributed by atoms with van der Waals surface area (Å²) in [6.07, 6.45) is 0. The summed E-state index contributed by atoms with van der Waals surface area (Å²) in [4.78, 5) is 26.1. The van der Waals surface area contributed by atoms with Crippen LogP contribution >= 0.6 is 0 Å². The van der Waals surface area contributed by atoms with Crippen molar-refractivity contribution in [1.82, 2.24) is 4.90 Å². The van der Waals surface area contributed by atoms with Gasteiger partial charge in [0, 0.05) is 31.5 Å². The summed E-state index contributed by atoms with van der Waals surface area (Å²) >= 11 is 0. The summed E-state index contributed by atoms with van der Waals surface area (Å²) in [6, 6.07) is 6.17. The minimum absolute atomic E-state index is 0.444. The molecule has 1 aromatic carbocycles. The number of hydrogen-bond acceptors (Lipinski definition) is 3. The molecule has 0 radical (unpaired) electrons. The lowest BCUT2D eigenvalue weighted by Crippen LogP contribution is -2.42. The lowest BCUT2D eigenvalue weighted by atomic mass is 10.2. The molecule has 6 heteroatoms. The maximum absolute atomic E-state index is 11.9. The summed E-state index contributed by atoms with van der Waals surface area (Å²) in [6.45, 7) is 7.47. The number of nitrogens with one attached hydrogen (secondary N) is 1. The van der Waals surface area contributed by atoms with Gasteiger partial charge in [0.05, 0.1) is 0 Å². The number of carboxylic acids is 1. The van der Waals surface area contributed by atoms with Crippen molar-refractivity contribution in [2.75, 3.05) is 30.4 Å². The number of anilines is 2. The molecule has 0 bridgehead atoms. The Morgan fingerprint density at radius 2 is 1.71 bits per heavy atom. The highest BCUT2D eigenvalue weighted by molar-refractivity contribution is 5.92. The molecule has 0 saturated carbocycles. The Morgan fingerprint density at radius 3 is 2.14 bits per heavy atom. The number of carboxylic acid groups (broad SMARTS) is 1. The van der Waals surface area contributed by atoms with Crippen LogP contribution in [0, 0.1) is 0 Å². The van der Waals surface area contributed by atoms with Gasteiger partial charge < -0.3 is 20.2 Å². The molecule has 1 unspecified atom stereocenters. The van der Waals surface area contributed by atoms with E-state index >= 15 is 0 Å². The maximum Gasteiger partial charge on any atom is 0.326 e. The third-order valence-electron chi connectivity index (χ3n) is 3.51. The van der Waals surface area contributed by atoms with E-state index in [4.69, 9.17) is 5.11 Å². The van der Waals surface area contributed by atoms with Crippen LogP contribution in [0.1, 0.15) is 20.8 Å². The van der Waals surface area contributed by atoms with Crippen molar-refractivity contribution in [3.63, 3.8) is 0 Å². The zero-order chi connectivity index (χ0) is 16.0. The second-order valence-corrected chi connectivity index (χ2v) is 4.77. The van der Waals surface area contributed by atoms with E-state index in [1.807, 2.05) is 24.3 Å². The van der Waals surface area contributed by atoms with E-state index in [0.717, 1.165) is 23.7 Å². The lowest BCUT2D eigenvalue weighted by molar-refractivity contribution is -0.141. The molecule has 0 spiro atoms. The molecule has 6 nitrogen and oxygen atoms in total. The maximum atomic E-state index is 11.9. The quantitative estimate of drug-likeness (QED) is 0.845. The molecule has 1 rings (SSSR count). The molecule has 1 atom stereocenters. The van der Waals surface area contributed by atoms with E-state index < -0.39 is 18.0 Å². The predicted molar refractivity (Wildman–Crippen MR) is 83.9 cm³/mol. The minimum Gasteiger partial charge on any atom is -0.480 e. The van der Waals surface area contributed by atoms with Crippen LogP contribution in [0.2, 0.25) is 0 Å². The van der Waals surface area contributed by atoms with Crippen LogP contribution in [-0.4, -0.2) is 48.2 Å². The third kappa shape index (κ3) is 4.37. The summed E-state index contributed by atoms with van der Waals surface area (Å²) < 4.78 is 0. The SMILES string of the molecule is CCN(CC)c1ccc(NC(=O)N(C)C(C)C(=O)O)cc1. The first-order chi connectivity index (χ1) is 9.90. The molecule has 116 valence electrons. The molecule has 0 saturated heterocycles. The van der Waals surface area contributed by atoms with Crippen LogP contribution in [0.5, 0.6) is 0 Å². The molecule has 0 aromatic heterocycles. The normalized spacial score (nSPS) is 11.6. The molecule has 0 aliphatic carbocycles. The standard InChI is InChI=1S/C15H23N3O3/c1-5-18(6-2)13-9-7-12(8-10-13)16-15(21)17(4)11(3)14(19)20/h7-11H,5-6H2,1-4H3,(H,16,21)(H,19,20). The van der Waals surface area contributed by atoms with E-state index in [2.05, 4.69) is 24.1 Å². The average Bonchev–Trinajstić information content (AvgIpc) is 2.48. The predicted octanol–water partition coefficient (Wildman–Crippen LogP) is 2.47. The zero-order valence-corrected chi connectivity index (χ0v) is 13.0. The number of aliphatic carboxylic acids is 1. The van der Waals surface area contributed by atoms with Crippen LogP contribution < -0.4 is 10.2 Å². The Labute approximate surface area is 125 Å². The number of nitrogens with zero attached hydrogens (tertiary/aromatic N) is 2. The number of carbonyl (C=O) groups excluding carboxylic acids is 1. The summed E-state index contributed by atoms with van der Waals surface area (Å²) in [7, 11) is 1.46. The molecule has 0 heterocycles. The van der Waals surface area contributed by atoms with Crippen molar-refractivity contribution in [1.29, 1.82) is 0 Å². The van der Waals surface area contributed by atoms with E-state index in [9.17, 15) is 9.59 Å². The fourth-order valence-electron chi connectivity index (χ4n) is 1.90. The molecular formula is C15H23N3O3. The van der Waals surface area contributed by atoms with Gasteiger partial charge in [-0.3, -0.25) is 0 Å². The van der Waals surface area contributed by atoms with Crippen molar-refractivity contribution in [2.45, 2.75) is 26.8 Å². The zero-order valence-electron chi connectivity index (χ0n) is 13.0. The molecule has 1 aromatic rings. The second-order valence-electron chi connectivity index (χ2n) is 4.77. The Balaban J connectivity index is 2.71. The van der Waals surface area contributed by atoms with Crippen molar-refractivity contribution in [3.8, 4) is 0 Å². The highest BCUT2D eigenvalue weighted by Crippen LogP contribution is 2.18. The van der Waals surface area contributed by atoms with Gasteiger partial charge in [-0.05, 0) is 45.0 Å². The van der Waals surface area contributed by atoms with Crippen molar-refractivity contribution >= 4 is 23.4 Å². The molecule has 0 aliphatic rings. The Morgan fingerprint density at radius 1 is 1.19 bits per heavy atom. The Bertz CT molecular complexity index is 483. The van der Waals surface area contributed by atoms with E-state index in [0.29, 0.717) is 5.69 Å². The van der Waals surface area contributed by atoms with Gasteiger partial charge in [-0.1, -0.05) is 0 Å². The minimum atomic E-state index is -1.04. The molecule has 2 amide bonds. The lowest BCUT2D eigenvalue weighted by Gasteiger charge is -2.23. The number of likely N-dealkylation sites (N-methyl/N-ethyl adjacent to an activating group) is 1. The second kappa shape index (κ2) is 7.52. The van der Waals surface area contributed by atoms with Gasteiger partial charge in [-0.2, -0.15) is 0 Å². The smallest absolute Gasteiger partial charge is 0.326 e. The number of carbonyl (C=O) groups is 2. The first kappa shape index (κ1) is 16.8. The van der Waals surface area contributed by atoms with E-state index in [-0.39, 0.29) is 0 Å². The van der Waals surface area contributed by atoms with Crippen LogP contribution in [0.3, 0.4) is 0 Å². The average molecular weight is 293 g/mol. The summed E-state index contributed by atoms with van der Waals surface area (Å²) in [5.41, 5.74) is 1.73. The fourth-order valence-corrected chi connectivity index (χ4v) is 1.90. The molecule has 21 heavy (non-hydrogen) atoms. The van der Waals surface area contributed by atoms with Gasteiger partial charge in [0.15, 0.2) is 0 Å².